The summed E-state index contributed by atoms with van der Waals surface area (Å²) in [7, 11) is 0. The molecule has 1 aliphatic rings. The fourth-order valence-electron chi connectivity index (χ4n) is 1.20. The SMILES string of the molecule is O=C1CCCCCN1.OCC(CO)(CO)CO. The Balaban J connectivity index is 0.000000302. The molecule has 102 valence electrons. The van der Waals surface area contributed by atoms with Crippen LogP contribution in [0.4, 0.5) is 0 Å². The van der Waals surface area contributed by atoms with E-state index in [0.717, 1.165) is 25.8 Å². The summed E-state index contributed by atoms with van der Waals surface area (Å²) >= 11 is 0. The standard InChI is InChI=1S/C6H11NO.C5H12O4/c8-6-4-2-1-3-5-7-6;6-1-5(2-7,3-8)4-9/h1-5H2,(H,7,8);6-9H,1-4H2. The van der Waals surface area contributed by atoms with Crippen LogP contribution >= 0.6 is 0 Å². The Bertz CT molecular complexity index is 179. The number of nitrogens with one attached hydrogen (secondary N) is 1. The molecular formula is C11H23NO5. The van der Waals surface area contributed by atoms with Gasteiger partial charge < -0.3 is 25.7 Å². The van der Waals surface area contributed by atoms with E-state index in [0.29, 0.717) is 0 Å². The van der Waals surface area contributed by atoms with Gasteiger partial charge in [-0.3, -0.25) is 4.79 Å². The fourth-order valence-corrected chi connectivity index (χ4v) is 1.20. The van der Waals surface area contributed by atoms with Gasteiger partial charge in [-0.15, -0.1) is 0 Å². The van der Waals surface area contributed by atoms with Crippen molar-refractivity contribution in [1.82, 2.24) is 5.32 Å². The Hall–Kier alpha value is -0.690. The lowest BCUT2D eigenvalue weighted by Gasteiger charge is -2.23. The fraction of sp³-hybridized carbons (Fsp3) is 0.909. The molecule has 1 heterocycles. The van der Waals surface area contributed by atoms with Crippen molar-refractivity contribution in [2.45, 2.75) is 25.7 Å². The highest BCUT2D eigenvalue weighted by atomic mass is 16.3. The lowest BCUT2D eigenvalue weighted by atomic mass is 9.93. The number of carbonyl (C=O) groups is 1. The molecule has 0 atom stereocenters. The molecule has 6 nitrogen and oxygen atoms in total. The van der Waals surface area contributed by atoms with Gasteiger partial charge in [-0.1, -0.05) is 6.42 Å². The second-order valence-electron chi connectivity index (χ2n) is 4.29. The highest BCUT2D eigenvalue weighted by Crippen LogP contribution is 2.11. The zero-order valence-corrected chi connectivity index (χ0v) is 10.1. The molecule has 1 saturated heterocycles. The minimum Gasteiger partial charge on any atom is -0.396 e. The van der Waals surface area contributed by atoms with Crippen molar-refractivity contribution >= 4 is 5.91 Å². The summed E-state index contributed by atoms with van der Waals surface area (Å²) < 4.78 is 0. The Labute approximate surface area is 101 Å². The average Bonchev–Trinajstić information content (AvgIpc) is 2.61. The van der Waals surface area contributed by atoms with Crippen molar-refractivity contribution in [2.75, 3.05) is 33.0 Å². The van der Waals surface area contributed by atoms with Crippen molar-refractivity contribution in [2.24, 2.45) is 5.41 Å². The summed E-state index contributed by atoms with van der Waals surface area (Å²) in [5.41, 5.74) is -1.11. The number of hydrogen-bond donors (Lipinski definition) is 5. The topological polar surface area (TPSA) is 110 Å². The number of aliphatic hydroxyl groups excluding tert-OH is 4. The summed E-state index contributed by atoms with van der Waals surface area (Å²) in [4.78, 5) is 10.6. The van der Waals surface area contributed by atoms with Gasteiger partial charge in [0.1, 0.15) is 0 Å². The molecule has 1 aliphatic heterocycles. The van der Waals surface area contributed by atoms with E-state index in [1.165, 1.54) is 6.42 Å². The molecule has 0 aliphatic carbocycles. The second kappa shape index (κ2) is 9.35. The first kappa shape index (κ1) is 16.3. The van der Waals surface area contributed by atoms with Crippen LogP contribution in [0.15, 0.2) is 0 Å². The third kappa shape index (κ3) is 6.58. The molecule has 1 amide bonds. The third-order valence-corrected chi connectivity index (χ3v) is 2.74. The van der Waals surface area contributed by atoms with Crippen LogP contribution in [-0.2, 0) is 4.79 Å². The minimum atomic E-state index is -1.11. The van der Waals surface area contributed by atoms with Crippen LogP contribution in [0.1, 0.15) is 25.7 Å². The maximum atomic E-state index is 10.6. The highest BCUT2D eigenvalue weighted by Gasteiger charge is 2.26. The van der Waals surface area contributed by atoms with E-state index in [4.69, 9.17) is 20.4 Å². The van der Waals surface area contributed by atoms with Gasteiger partial charge in [-0.2, -0.15) is 0 Å². The van der Waals surface area contributed by atoms with E-state index in [1.807, 2.05) is 0 Å². The summed E-state index contributed by atoms with van der Waals surface area (Å²) in [6, 6.07) is 0. The number of aliphatic hydroxyl groups is 4. The van der Waals surface area contributed by atoms with E-state index in [2.05, 4.69) is 5.32 Å². The van der Waals surface area contributed by atoms with E-state index < -0.39 is 31.8 Å². The predicted octanol–water partition coefficient (Wildman–Crippen LogP) is -1.38. The maximum absolute atomic E-state index is 10.6. The predicted molar refractivity (Wildman–Crippen MR) is 62.3 cm³/mol. The quantitative estimate of drug-likeness (QED) is 0.422. The molecule has 6 heteroatoms. The first-order chi connectivity index (χ1) is 8.14. The zero-order valence-electron chi connectivity index (χ0n) is 10.1. The molecule has 1 fully saturated rings. The Morgan fingerprint density at radius 2 is 1.47 bits per heavy atom. The van der Waals surface area contributed by atoms with E-state index in [9.17, 15) is 4.79 Å². The Morgan fingerprint density at radius 3 is 1.88 bits per heavy atom. The van der Waals surface area contributed by atoms with Crippen LogP contribution in [0.2, 0.25) is 0 Å². The van der Waals surface area contributed by atoms with Crippen LogP contribution < -0.4 is 5.32 Å². The molecule has 0 unspecified atom stereocenters. The van der Waals surface area contributed by atoms with E-state index >= 15 is 0 Å². The van der Waals surface area contributed by atoms with Crippen LogP contribution in [0.5, 0.6) is 0 Å². The average molecular weight is 249 g/mol. The van der Waals surface area contributed by atoms with Gasteiger partial charge in [0.15, 0.2) is 0 Å². The third-order valence-electron chi connectivity index (χ3n) is 2.74. The summed E-state index contributed by atoms with van der Waals surface area (Å²) in [6.45, 7) is -0.737. The Morgan fingerprint density at radius 1 is 0.941 bits per heavy atom. The van der Waals surface area contributed by atoms with Gasteiger partial charge in [0, 0.05) is 13.0 Å². The molecule has 0 aromatic carbocycles. The van der Waals surface area contributed by atoms with Crippen LogP contribution in [-0.4, -0.2) is 59.3 Å². The molecule has 1 rings (SSSR count). The zero-order chi connectivity index (χ0) is 13.1. The number of carbonyl (C=O) groups excluding carboxylic acids is 1. The van der Waals surface area contributed by atoms with Crippen molar-refractivity contribution in [3.63, 3.8) is 0 Å². The van der Waals surface area contributed by atoms with Gasteiger partial charge in [-0.05, 0) is 12.8 Å². The molecule has 5 N–H and O–H groups in total. The second-order valence-corrected chi connectivity index (χ2v) is 4.29. The molecule has 0 spiro atoms. The lowest BCUT2D eigenvalue weighted by Crippen LogP contribution is -2.37. The molecule has 0 saturated carbocycles. The van der Waals surface area contributed by atoms with Gasteiger partial charge in [-0.25, -0.2) is 0 Å². The summed E-state index contributed by atoms with van der Waals surface area (Å²) in [5, 5.41) is 36.8. The smallest absolute Gasteiger partial charge is 0.219 e. The van der Waals surface area contributed by atoms with Crippen molar-refractivity contribution < 1.29 is 25.2 Å². The van der Waals surface area contributed by atoms with Crippen molar-refractivity contribution in [3.05, 3.63) is 0 Å². The number of rotatable bonds is 4. The number of hydrogen-bond acceptors (Lipinski definition) is 5. The van der Waals surface area contributed by atoms with Gasteiger partial charge in [0.2, 0.25) is 5.91 Å². The van der Waals surface area contributed by atoms with Crippen molar-refractivity contribution in [1.29, 1.82) is 0 Å². The van der Waals surface area contributed by atoms with Gasteiger partial charge in [0.05, 0.1) is 31.8 Å². The van der Waals surface area contributed by atoms with Crippen molar-refractivity contribution in [3.8, 4) is 0 Å². The number of amides is 1. The molecule has 0 aromatic heterocycles. The first-order valence-corrected chi connectivity index (χ1v) is 5.84. The summed E-state index contributed by atoms with van der Waals surface area (Å²) in [6.07, 6.45) is 4.18. The van der Waals surface area contributed by atoms with Gasteiger partial charge in [0.25, 0.3) is 0 Å². The first-order valence-electron chi connectivity index (χ1n) is 5.84. The van der Waals surface area contributed by atoms with Crippen LogP contribution in [0, 0.1) is 5.41 Å². The molecule has 0 aromatic rings. The molecule has 17 heavy (non-hydrogen) atoms. The minimum absolute atomic E-state index is 0.225. The van der Waals surface area contributed by atoms with Crippen LogP contribution in [0.25, 0.3) is 0 Å². The lowest BCUT2D eigenvalue weighted by molar-refractivity contribution is -0.120. The van der Waals surface area contributed by atoms with Crippen LogP contribution in [0.3, 0.4) is 0 Å². The largest absolute Gasteiger partial charge is 0.396 e. The Kier molecular flexibility index (Phi) is 8.97. The summed E-state index contributed by atoms with van der Waals surface area (Å²) in [5.74, 6) is 0.225. The normalized spacial score (nSPS) is 16.6. The van der Waals surface area contributed by atoms with E-state index in [1.54, 1.807) is 0 Å². The molecule has 0 radical (unpaired) electrons. The monoisotopic (exact) mass is 249 g/mol. The van der Waals surface area contributed by atoms with Gasteiger partial charge >= 0.3 is 0 Å². The van der Waals surface area contributed by atoms with E-state index in [-0.39, 0.29) is 5.91 Å². The highest BCUT2D eigenvalue weighted by molar-refractivity contribution is 5.75. The molecular weight excluding hydrogens is 226 g/mol. The molecule has 0 bridgehead atoms. The maximum Gasteiger partial charge on any atom is 0.219 e.